The van der Waals surface area contributed by atoms with Crippen molar-refractivity contribution in [2.24, 2.45) is 0 Å². The molecule has 1 heterocycles. The zero-order valence-corrected chi connectivity index (χ0v) is 8.99. The lowest BCUT2D eigenvalue weighted by atomic mass is 10.3. The first kappa shape index (κ1) is 11.8. The van der Waals surface area contributed by atoms with E-state index in [1.165, 1.54) is 0 Å². The van der Waals surface area contributed by atoms with Crippen LogP contribution in [0.5, 0.6) is 0 Å². The van der Waals surface area contributed by atoms with E-state index in [0.29, 0.717) is 11.0 Å². The molecule has 0 radical (unpaired) electrons. The molecule has 0 saturated carbocycles. The van der Waals surface area contributed by atoms with Gasteiger partial charge in [-0.1, -0.05) is 12.1 Å². The Morgan fingerprint density at radius 1 is 1.13 bits per heavy atom. The Kier molecular flexibility index (Phi) is 3.23. The molecule has 1 aromatic heterocycles. The third-order valence-corrected chi connectivity index (χ3v) is 2.42. The van der Waals surface area contributed by atoms with E-state index in [1.54, 1.807) is 24.3 Å². The molecule has 1 aromatic carbocycles. The average molecular weight is 247 g/mol. The molecular formula is C8H7ClN2O3S. The second-order valence-electron chi connectivity index (χ2n) is 2.67. The Hall–Kier alpha value is -1.24. The second-order valence-corrected chi connectivity index (χ2v) is 4.04. The van der Waals surface area contributed by atoms with Crippen molar-refractivity contribution < 1.29 is 13.0 Å². The van der Waals surface area contributed by atoms with Gasteiger partial charge in [0.05, 0.1) is 17.2 Å². The third kappa shape index (κ3) is 2.41. The number of nitrogens with zero attached hydrogens (tertiary/aromatic N) is 2. The SMILES string of the molecule is Cl.O=S(=O)(O)c1cnc2ccccc2n1. The first-order chi connectivity index (χ1) is 6.57. The molecule has 0 atom stereocenters. The molecule has 2 aromatic rings. The van der Waals surface area contributed by atoms with Gasteiger partial charge in [0.15, 0.2) is 0 Å². The van der Waals surface area contributed by atoms with E-state index < -0.39 is 15.1 Å². The molecule has 0 amide bonds. The highest BCUT2D eigenvalue weighted by atomic mass is 35.5. The maximum absolute atomic E-state index is 10.7. The molecule has 0 bridgehead atoms. The third-order valence-electron chi connectivity index (χ3n) is 1.69. The van der Waals surface area contributed by atoms with Crippen molar-refractivity contribution in [3.05, 3.63) is 30.5 Å². The van der Waals surface area contributed by atoms with Crippen LogP contribution in [0.2, 0.25) is 0 Å². The average Bonchev–Trinajstić information content (AvgIpc) is 2.16. The minimum Gasteiger partial charge on any atom is -0.281 e. The monoisotopic (exact) mass is 246 g/mol. The Morgan fingerprint density at radius 3 is 2.33 bits per heavy atom. The fourth-order valence-corrected chi connectivity index (χ4v) is 1.46. The molecule has 0 saturated heterocycles. The van der Waals surface area contributed by atoms with Gasteiger partial charge in [0, 0.05) is 0 Å². The summed E-state index contributed by atoms with van der Waals surface area (Å²) < 4.78 is 30.2. The zero-order valence-electron chi connectivity index (χ0n) is 7.36. The lowest BCUT2D eigenvalue weighted by Gasteiger charge is -1.97. The lowest BCUT2D eigenvalue weighted by molar-refractivity contribution is 0.479. The van der Waals surface area contributed by atoms with E-state index in [1.807, 2.05) is 0 Å². The van der Waals surface area contributed by atoms with Gasteiger partial charge in [0.2, 0.25) is 5.03 Å². The fourth-order valence-electron chi connectivity index (χ4n) is 1.06. The van der Waals surface area contributed by atoms with Gasteiger partial charge in [0.25, 0.3) is 0 Å². The van der Waals surface area contributed by atoms with Crippen LogP contribution in [0, 0.1) is 0 Å². The molecule has 0 spiro atoms. The van der Waals surface area contributed by atoms with E-state index in [4.69, 9.17) is 4.55 Å². The number of benzene rings is 1. The van der Waals surface area contributed by atoms with Gasteiger partial charge in [-0.05, 0) is 12.1 Å². The molecule has 0 unspecified atom stereocenters. The van der Waals surface area contributed by atoms with Crippen LogP contribution in [0.3, 0.4) is 0 Å². The van der Waals surface area contributed by atoms with Crippen LogP contribution in [0.4, 0.5) is 0 Å². The van der Waals surface area contributed by atoms with Crippen molar-refractivity contribution in [3.8, 4) is 0 Å². The first-order valence-corrected chi connectivity index (χ1v) is 5.21. The molecule has 0 aliphatic heterocycles. The Labute approximate surface area is 92.3 Å². The number of para-hydroxylation sites is 2. The highest BCUT2D eigenvalue weighted by Crippen LogP contribution is 2.11. The minimum absolute atomic E-state index is 0. The zero-order chi connectivity index (χ0) is 10.2. The summed E-state index contributed by atoms with van der Waals surface area (Å²) in [4.78, 5) is 7.59. The van der Waals surface area contributed by atoms with Gasteiger partial charge in [-0.2, -0.15) is 8.42 Å². The molecule has 0 aliphatic rings. The van der Waals surface area contributed by atoms with Crippen molar-refractivity contribution in [2.45, 2.75) is 5.03 Å². The van der Waals surface area contributed by atoms with Gasteiger partial charge in [-0.25, -0.2) is 4.98 Å². The topological polar surface area (TPSA) is 80.2 Å². The van der Waals surface area contributed by atoms with Crippen molar-refractivity contribution >= 4 is 33.6 Å². The fraction of sp³-hybridized carbons (Fsp3) is 0. The van der Waals surface area contributed by atoms with E-state index in [2.05, 4.69) is 9.97 Å². The van der Waals surface area contributed by atoms with Crippen LogP contribution in [-0.4, -0.2) is 22.9 Å². The van der Waals surface area contributed by atoms with Crippen molar-refractivity contribution in [3.63, 3.8) is 0 Å². The quantitative estimate of drug-likeness (QED) is 0.767. The lowest BCUT2D eigenvalue weighted by Crippen LogP contribution is -2.02. The van der Waals surface area contributed by atoms with Gasteiger partial charge in [-0.15, -0.1) is 12.4 Å². The summed E-state index contributed by atoms with van der Waals surface area (Å²) in [6.07, 6.45) is 1.03. The summed E-state index contributed by atoms with van der Waals surface area (Å²) in [7, 11) is -4.27. The number of fused-ring (bicyclic) bond motifs is 1. The number of rotatable bonds is 1. The molecular weight excluding hydrogens is 240 g/mol. The second kappa shape index (κ2) is 4.09. The summed E-state index contributed by atoms with van der Waals surface area (Å²) in [5, 5.41) is -0.434. The molecule has 0 aliphatic carbocycles. The summed E-state index contributed by atoms with van der Waals surface area (Å²) >= 11 is 0. The Morgan fingerprint density at radius 2 is 1.73 bits per heavy atom. The summed E-state index contributed by atoms with van der Waals surface area (Å²) in [6, 6.07) is 6.81. The Balaban J connectivity index is 0.00000112. The van der Waals surface area contributed by atoms with E-state index in [0.717, 1.165) is 6.20 Å². The summed E-state index contributed by atoms with van der Waals surface area (Å²) in [6.45, 7) is 0. The van der Waals surface area contributed by atoms with Crippen molar-refractivity contribution in [1.29, 1.82) is 0 Å². The van der Waals surface area contributed by atoms with Gasteiger partial charge in [-0.3, -0.25) is 9.54 Å². The van der Waals surface area contributed by atoms with Crippen LogP contribution in [-0.2, 0) is 10.1 Å². The standard InChI is InChI=1S/C8H6N2O3S.ClH/c11-14(12,13)8-5-9-6-3-1-2-4-7(6)10-8;/h1-5H,(H,11,12,13);1H. The summed E-state index contributed by atoms with van der Waals surface area (Å²) in [5.74, 6) is 0. The predicted molar refractivity (Wildman–Crippen MR) is 56.6 cm³/mol. The van der Waals surface area contributed by atoms with Crippen LogP contribution >= 0.6 is 12.4 Å². The number of hydrogen-bond acceptors (Lipinski definition) is 4. The minimum atomic E-state index is -4.27. The van der Waals surface area contributed by atoms with Crippen LogP contribution in [0.1, 0.15) is 0 Å². The molecule has 2 rings (SSSR count). The van der Waals surface area contributed by atoms with Crippen molar-refractivity contribution in [1.82, 2.24) is 9.97 Å². The molecule has 80 valence electrons. The van der Waals surface area contributed by atoms with Crippen LogP contribution in [0.15, 0.2) is 35.5 Å². The number of hydrogen-bond donors (Lipinski definition) is 1. The molecule has 1 N–H and O–H groups in total. The maximum atomic E-state index is 10.7. The predicted octanol–water partition coefficient (Wildman–Crippen LogP) is 1.30. The molecule has 15 heavy (non-hydrogen) atoms. The number of halogens is 1. The van der Waals surface area contributed by atoms with E-state index in [-0.39, 0.29) is 12.4 Å². The molecule has 5 nitrogen and oxygen atoms in total. The highest BCUT2D eigenvalue weighted by molar-refractivity contribution is 7.85. The smallest absolute Gasteiger partial charge is 0.281 e. The Bertz CT molecular complexity index is 585. The maximum Gasteiger partial charge on any atom is 0.313 e. The van der Waals surface area contributed by atoms with Gasteiger partial charge < -0.3 is 0 Å². The largest absolute Gasteiger partial charge is 0.313 e. The molecule has 7 heteroatoms. The highest BCUT2D eigenvalue weighted by Gasteiger charge is 2.11. The van der Waals surface area contributed by atoms with Crippen LogP contribution < -0.4 is 0 Å². The first-order valence-electron chi connectivity index (χ1n) is 3.77. The van der Waals surface area contributed by atoms with E-state index in [9.17, 15) is 8.42 Å². The van der Waals surface area contributed by atoms with Crippen molar-refractivity contribution in [2.75, 3.05) is 0 Å². The van der Waals surface area contributed by atoms with Crippen LogP contribution in [0.25, 0.3) is 11.0 Å². The van der Waals surface area contributed by atoms with E-state index >= 15 is 0 Å². The number of aromatic nitrogens is 2. The normalized spacial score (nSPS) is 11.0. The van der Waals surface area contributed by atoms with Gasteiger partial charge >= 0.3 is 10.1 Å². The molecule has 0 fully saturated rings. The summed E-state index contributed by atoms with van der Waals surface area (Å²) in [5.41, 5.74) is 1.02. The van der Waals surface area contributed by atoms with Gasteiger partial charge in [0.1, 0.15) is 0 Å².